The van der Waals surface area contributed by atoms with E-state index in [0.29, 0.717) is 5.92 Å². The summed E-state index contributed by atoms with van der Waals surface area (Å²) in [6, 6.07) is 0. The molecule has 1 unspecified atom stereocenters. The lowest BCUT2D eigenvalue weighted by atomic mass is 9.95. The van der Waals surface area contributed by atoms with Gasteiger partial charge in [-0.1, -0.05) is 58.8 Å². The van der Waals surface area contributed by atoms with E-state index in [1.54, 1.807) is 0 Å². The van der Waals surface area contributed by atoms with Crippen LogP contribution in [0.15, 0.2) is 0 Å². The zero-order chi connectivity index (χ0) is 9.94. The van der Waals surface area contributed by atoms with Crippen LogP contribution < -0.4 is 0 Å². The second-order valence-electron chi connectivity index (χ2n) is 3.97. The molecule has 0 N–H and O–H groups in total. The third kappa shape index (κ3) is 8.29. The summed E-state index contributed by atoms with van der Waals surface area (Å²) in [5, 5.41) is 10.4. The van der Waals surface area contributed by atoms with Crippen LogP contribution in [0.2, 0.25) is 0 Å². The van der Waals surface area contributed by atoms with E-state index in [4.69, 9.17) is 0 Å². The van der Waals surface area contributed by atoms with E-state index in [1.807, 2.05) is 0 Å². The van der Waals surface area contributed by atoms with Crippen LogP contribution in [0, 0.1) is 5.92 Å². The molecule has 79 valence electrons. The predicted octanol–water partition coefficient (Wildman–Crippen LogP) is 4.19. The number of hydrogen-bond acceptors (Lipinski definition) is 0. The van der Waals surface area contributed by atoms with Gasteiger partial charge in [-0.15, -0.1) is 0 Å². The van der Waals surface area contributed by atoms with Gasteiger partial charge in [-0.25, -0.2) is 5.11 Å². The summed E-state index contributed by atoms with van der Waals surface area (Å²) in [5.41, 5.74) is 0. The molecule has 0 aliphatic heterocycles. The van der Waals surface area contributed by atoms with Crippen molar-refractivity contribution in [3.63, 3.8) is 0 Å². The fourth-order valence-electron chi connectivity index (χ4n) is 1.76. The highest BCUT2D eigenvalue weighted by Gasteiger charge is 2.04. The van der Waals surface area contributed by atoms with Gasteiger partial charge in [0.1, 0.15) is 0 Å². The molecular weight excluding hydrogens is 160 g/mol. The quantitative estimate of drug-likeness (QED) is 0.480. The van der Waals surface area contributed by atoms with Gasteiger partial charge in [0, 0.05) is 0 Å². The fourth-order valence-corrected chi connectivity index (χ4v) is 1.76. The number of hydrogen-bond donors (Lipinski definition) is 0. The third-order valence-electron chi connectivity index (χ3n) is 2.82. The minimum atomic E-state index is 0.119. The molecule has 0 aromatic carbocycles. The zero-order valence-corrected chi connectivity index (χ0v) is 9.35. The van der Waals surface area contributed by atoms with Crippen molar-refractivity contribution in [2.75, 3.05) is 6.61 Å². The SMILES string of the molecule is CCCCCCCC(CC)CC[O]. The Labute approximate surface area is 83.5 Å². The van der Waals surface area contributed by atoms with Crippen molar-refractivity contribution in [1.29, 1.82) is 0 Å². The minimum absolute atomic E-state index is 0.119. The molecule has 0 amide bonds. The van der Waals surface area contributed by atoms with Crippen molar-refractivity contribution in [2.45, 2.75) is 65.2 Å². The number of rotatable bonds is 9. The lowest BCUT2D eigenvalue weighted by Crippen LogP contribution is -2.00. The van der Waals surface area contributed by atoms with Gasteiger partial charge in [0.25, 0.3) is 0 Å². The summed E-state index contributed by atoms with van der Waals surface area (Å²) in [6.45, 7) is 4.56. The van der Waals surface area contributed by atoms with E-state index < -0.39 is 0 Å². The lowest BCUT2D eigenvalue weighted by Gasteiger charge is -2.11. The van der Waals surface area contributed by atoms with Crippen molar-refractivity contribution in [3.8, 4) is 0 Å². The Morgan fingerprint density at radius 3 is 2.15 bits per heavy atom. The van der Waals surface area contributed by atoms with Crippen LogP contribution in [0.5, 0.6) is 0 Å². The normalized spacial score (nSPS) is 13.2. The first-order chi connectivity index (χ1) is 6.35. The van der Waals surface area contributed by atoms with Crippen molar-refractivity contribution in [3.05, 3.63) is 0 Å². The molecule has 1 heteroatoms. The Morgan fingerprint density at radius 2 is 1.62 bits per heavy atom. The minimum Gasteiger partial charge on any atom is -0.237 e. The Kier molecular flexibility index (Phi) is 10.0. The molecule has 0 heterocycles. The van der Waals surface area contributed by atoms with E-state index in [9.17, 15) is 5.11 Å². The molecule has 13 heavy (non-hydrogen) atoms. The van der Waals surface area contributed by atoms with Crippen molar-refractivity contribution >= 4 is 0 Å². The topological polar surface area (TPSA) is 19.9 Å². The number of unbranched alkanes of at least 4 members (excludes halogenated alkanes) is 4. The van der Waals surface area contributed by atoms with Gasteiger partial charge in [0.2, 0.25) is 0 Å². The highest BCUT2D eigenvalue weighted by Crippen LogP contribution is 2.17. The maximum atomic E-state index is 10.4. The van der Waals surface area contributed by atoms with Gasteiger partial charge < -0.3 is 0 Å². The first-order valence-corrected chi connectivity index (χ1v) is 5.93. The van der Waals surface area contributed by atoms with Gasteiger partial charge in [-0.2, -0.15) is 0 Å². The van der Waals surface area contributed by atoms with Crippen LogP contribution in [0.3, 0.4) is 0 Å². The summed E-state index contributed by atoms with van der Waals surface area (Å²) in [4.78, 5) is 0. The molecule has 1 radical (unpaired) electrons. The van der Waals surface area contributed by atoms with Gasteiger partial charge in [0.15, 0.2) is 0 Å². The van der Waals surface area contributed by atoms with Crippen molar-refractivity contribution in [1.82, 2.24) is 0 Å². The molecular formula is C12H25O. The molecule has 0 fully saturated rings. The van der Waals surface area contributed by atoms with E-state index in [2.05, 4.69) is 13.8 Å². The van der Waals surface area contributed by atoms with Crippen LogP contribution in [0.4, 0.5) is 0 Å². The first-order valence-electron chi connectivity index (χ1n) is 5.93. The van der Waals surface area contributed by atoms with E-state index in [-0.39, 0.29) is 6.61 Å². The highest BCUT2D eigenvalue weighted by atomic mass is 16.3. The molecule has 0 bridgehead atoms. The van der Waals surface area contributed by atoms with Crippen LogP contribution in [0.1, 0.15) is 65.2 Å². The van der Waals surface area contributed by atoms with Crippen LogP contribution >= 0.6 is 0 Å². The maximum Gasteiger partial charge on any atom is 0.0825 e. The van der Waals surface area contributed by atoms with Crippen molar-refractivity contribution < 1.29 is 5.11 Å². The molecule has 0 aliphatic carbocycles. The molecule has 0 aromatic rings. The molecule has 1 nitrogen and oxygen atoms in total. The third-order valence-corrected chi connectivity index (χ3v) is 2.82. The second kappa shape index (κ2) is 10.0. The van der Waals surface area contributed by atoms with Gasteiger partial charge in [-0.3, -0.25) is 0 Å². The van der Waals surface area contributed by atoms with Gasteiger partial charge >= 0.3 is 0 Å². The summed E-state index contributed by atoms with van der Waals surface area (Å²) in [6.07, 6.45) is 10.1. The molecule has 0 aromatic heterocycles. The fraction of sp³-hybridized carbons (Fsp3) is 1.00. The van der Waals surface area contributed by atoms with E-state index >= 15 is 0 Å². The first kappa shape index (κ1) is 13.0. The Bertz CT molecular complexity index is 91.1. The Morgan fingerprint density at radius 1 is 0.923 bits per heavy atom. The lowest BCUT2D eigenvalue weighted by molar-refractivity contribution is 0.166. The van der Waals surface area contributed by atoms with Crippen molar-refractivity contribution in [2.24, 2.45) is 5.92 Å². The van der Waals surface area contributed by atoms with Crippen LogP contribution in [-0.4, -0.2) is 6.61 Å². The van der Waals surface area contributed by atoms with E-state index in [0.717, 1.165) is 6.42 Å². The summed E-state index contributed by atoms with van der Waals surface area (Å²) < 4.78 is 0. The highest BCUT2D eigenvalue weighted by molar-refractivity contribution is 4.57. The average Bonchev–Trinajstić information content (AvgIpc) is 2.16. The van der Waals surface area contributed by atoms with Gasteiger partial charge in [0.05, 0.1) is 6.61 Å². The smallest absolute Gasteiger partial charge is 0.0825 e. The molecule has 1 atom stereocenters. The van der Waals surface area contributed by atoms with Crippen LogP contribution in [-0.2, 0) is 5.11 Å². The molecule has 0 rings (SSSR count). The van der Waals surface area contributed by atoms with Gasteiger partial charge in [-0.05, 0) is 12.3 Å². The summed E-state index contributed by atoms with van der Waals surface area (Å²) in [7, 11) is 0. The second-order valence-corrected chi connectivity index (χ2v) is 3.97. The van der Waals surface area contributed by atoms with Crippen LogP contribution in [0.25, 0.3) is 0 Å². The predicted molar refractivity (Wildman–Crippen MR) is 57.3 cm³/mol. The zero-order valence-electron chi connectivity index (χ0n) is 9.35. The summed E-state index contributed by atoms with van der Waals surface area (Å²) >= 11 is 0. The molecule has 0 saturated heterocycles. The largest absolute Gasteiger partial charge is 0.237 e. The average molecular weight is 185 g/mol. The maximum absolute atomic E-state index is 10.4. The standard InChI is InChI=1S/C12H25O/c1-3-5-6-7-8-9-12(4-2)10-11-13/h12H,3-11H2,1-2H3. The van der Waals surface area contributed by atoms with E-state index in [1.165, 1.54) is 44.9 Å². The molecule has 0 spiro atoms. The Balaban J connectivity index is 3.17. The molecule has 0 aliphatic rings. The summed E-state index contributed by atoms with van der Waals surface area (Å²) in [5.74, 6) is 0.708. The Hall–Kier alpha value is -0.0400. The molecule has 0 saturated carbocycles. The monoisotopic (exact) mass is 185 g/mol.